The SMILES string of the molecule is O=C1CCN(C2CCOC2)C(=O)C2(CCCCC2)N1. The first kappa shape index (κ1) is 12.9. The average molecular weight is 266 g/mol. The predicted octanol–water partition coefficient (Wildman–Crippen LogP) is 0.827. The Morgan fingerprint density at radius 2 is 2.00 bits per heavy atom. The number of hydrogen-bond acceptors (Lipinski definition) is 3. The number of nitrogens with one attached hydrogen (secondary N) is 1. The van der Waals surface area contributed by atoms with Crippen LogP contribution < -0.4 is 5.32 Å². The lowest BCUT2D eigenvalue weighted by Gasteiger charge is -2.39. The van der Waals surface area contributed by atoms with Crippen LogP contribution >= 0.6 is 0 Å². The summed E-state index contributed by atoms with van der Waals surface area (Å²) in [5.41, 5.74) is -0.617. The Hall–Kier alpha value is -1.10. The van der Waals surface area contributed by atoms with Gasteiger partial charge in [-0.1, -0.05) is 19.3 Å². The number of rotatable bonds is 1. The van der Waals surface area contributed by atoms with Crippen molar-refractivity contribution < 1.29 is 14.3 Å². The van der Waals surface area contributed by atoms with Crippen LogP contribution in [-0.4, -0.2) is 48.1 Å². The Bertz CT molecular complexity index is 371. The zero-order valence-electron chi connectivity index (χ0n) is 11.3. The van der Waals surface area contributed by atoms with Gasteiger partial charge in [-0.2, -0.15) is 0 Å². The Morgan fingerprint density at radius 3 is 2.68 bits per heavy atom. The molecule has 1 aliphatic carbocycles. The smallest absolute Gasteiger partial charge is 0.248 e. The molecule has 2 amide bonds. The highest BCUT2D eigenvalue weighted by atomic mass is 16.5. The quantitative estimate of drug-likeness (QED) is 0.764. The van der Waals surface area contributed by atoms with Crippen LogP contribution in [0.2, 0.25) is 0 Å². The van der Waals surface area contributed by atoms with Crippen LogP contribution in [0.5, 0.6) is 0 Å². The van der Waals surface area contributed by atoms with Crippen LogP contribution in [0, 0.1) is 0 Å². The van der Waals surface area contributed by atoms with Crippen LogP contribution in [0.4, 0.5) is 0 Å². The number of amides is 2. The van der Waals surface area contributed by atoms with Crippen molar-refractivity contribution in [3.8, 4) is 0 Å². The maximum atomic E-state index is 12.9. The fourth-order valence-electron chi connectivity index (χ4n) is 3.59. The fourth-order valence-corrected chi connectivity index (χ4v) is 3.59. The molecule has 3 aliphatic rings. The lowest BCUT2D eigenvalue weighted by atomic mass is 9.80. The predicted molar refractivity (Wildman–Crippen MR) is 69.5 cm³/mol. The molecular weight excluding hydrogens is 244 g/mol. The fraction of sp³-hybridized carbons (Fsp3) is 0.857. The molecule has 0 bridgehead atoms. The Balaban J connectivity index is 1.85. The second-order valence-corrected chi connectivity index (χ2v) is 5.96. The summed E-state index contributed by atoms with van der Waals surface area (Å²) in [6.45, 7) is 1.89. The van der Waals surface area contributed by atoms with E-state index in [0.717, 1.165) is 45.1 Å². The van der Waals surface area contributed by atoms with Crippen molar-refractivity contribution in [2.75, 3.05) is 19.8 Å². The largest absolute Gasteiger partial charge is 0.379 e. The monoisotopic (exact) mass is 266 g/mol. The molecule has 5 nitrogen and oxygen atoms in total. The van der Waals surface area contributed by atoms with E-state index >= 15 is 0 Å². The average Bonchev–Trinajstić information content (AvgIpc) is 2.90. The third-order valence-corrected chi connectivity index (χ3v) is 4.68. The highest BCUT2D eigenvalue weighted by molar-refractivity contribution is 5.93. The zero-order chi connectivity index (χ0) is 13.3. The molecule has 0 aromatic rings. The maximum Gasteiger partial charge on any atom is 0.248 e. The van der Waals surface area contributed by atoms with Crippen molar-refractivity contribution >= 4 is 11.8 Å². The molecule has 0 aromatic carbocycles. The van der Waals surface area contributed by atoms with Crippen LogP contribution in [-0.2, 0) is 14.3 Å². The summed E-state index contributed by atoms with van der Waals surface area (Å²) in [6, 6.07) is 0.166. The van der Waals surface area contributed by atoms with Gasteiger partial charge in [0.15, 0.2) is 0 Å². The van der Waals surface area contributed by atoms with Gasteiger partial charge in [0.05, 0.1) is 12.6 Å². The molecule has 2 aliphatic heterocycles. The summed E-state index contributed by atoms with van der Waals surface area (Å²) in [5, 5.41) is 3.03. The van der Waals surface area contributed by atoms with E-state index in [-0.39, 0.29) is 17.9 Å². The molecule has 1 spiro atoms. The number of carbonyl (C=O) groups excluding carboxylic acids is 2. The van der Waals surface area contributed by atoms with Crippen molar-refractivity contribution in [3.05, 3.63) is 0 Å². The topological polar surface area (TPSA) is 58.6 Å². The molecule has 0 radical (unpaired) electrons. The molecule has 1 atom stereocenters. The summed E-state index contributed by atoms with van der Waals surface area (Å²) in [7, 11) is 0. The van der Waals surface area contributed by atoms with E-state index in [1.54, 1.807) is 0 Å². The van der Waals surface area contributed by atoms with Gasteiger partial charge < -0.3 is 15.0 Å². The second kappa shape index (κ2) is 5.12. The van der Waals surface area contributed by atoms with Gasteiger partial charge >= 0.3 is 0 Å². The van der Waals surface area contributed by atoms with Gasteiger partial charge in [-0.25, -0.2) is 0 Å². The molecule has 3 fully saturated rings. The first-order chi connectivity index (χ1) is 9.21. The first-order valence-corrected chi connectivity index (χ1v) is 7.41. The van der Waals surface area contributed by atoms with Crippen molar-refractivity contribution in [1.82, 2.24) is 10.2 Å². The molecule has 2 saturated heterocycles. The van der Waals surface area contributed by atoms with Crippen molar-refractivity contribution in [3.63, 3.8) is 0 Å². The summed E-state index contributed by atoms with van der Waals surface area (Å²) in [4.78, 5) is 26.8. The third kappa shape index (κ3) is 2.36. The number of ether oxygens (including phenoxy) is 1. The van der Waals surface area contributed by atoms with Crippen molar-refractivity contribution in [2.45, 2.75) is 56.5 Å². The van der Waals surface area contributed by atoms with E-state index in [1.807, 2.05) is 4.90 Å². The minimum absolute atomic E-state index is 0.0247. The molecule has 1 unspecified atom stereocenters. The van der Waals surface area contributed by atoms with Gasteiger partial charge in [-0.15, -0.1) is 0 Å². The zero-order valence-corrected chi connectivity index (χ0v) is 11.3. The standard InChI is InChI=1S/C14H22N2O3/c17-12-4-8-16(11-5-9-19-10-11)13(18)14(15-12)6-2-1-3-7-14/h11H,1-10H2,(H,15,17). The Kier molecular flexibility index (Phi) is 3.48. The minimum atomic E-state index is -0.617. The number of hydrogen-bond donors (Lipinski definition) is 1. The second-order valence-electron chi connectivity index (χ2n) is 5.96. The molecule has 2 heterocycles. The summed E-state index contributed by atoms with van der Waals surface area (Å²) < 4.78 is 5.40. The van der Waals surface area contributed by atoms with Crippen LogP contribution in [0.25, 0.3) is 0 Å². The number of nitrogens with zero attached hydrogens (tertiary/aromatic N) is 1. The maximum absolute atomic E-state index is 12.9. The van der Waals surface area contributed by atoms with E-state index in [0.29, 0.717) is 19.6 Å². The van der Waals surface area contributed by atoms with Gasteiger partial charge in [0.1, 0.15) is 5.54 Å². The van der Waals surface area contributed by atoms with E-state index in [9.17, 15) is 9.59 Å². The molecule has 1 N–H and O–H groups in total. The first-order valence-electron chi connectivity index (χ1n) is 7.41. The van der Waals surface area contributed by atoms with Gasteiger partial charge in [-0.3, -0.25) is 9.59 Å². The Labute approximate surface area is 113 Å². The molecule has 1 saturated carbocycles. The van der Waals surface area contributed by atoms with E-state index in [2.05, 4.69) is 5.32 Å². The van der Waals surface area contributed by atoms with Crippen molar-refractivity contribution in [1.29, 1.82) is 0 Å². The lowest BCUT2D eigenvalue weighted by molar-refractivity contribution is -0.142. The van der Waals surface area contributed by atoms with E-state index < -0.39 is 5.54 Å². The highest BCUT2D eigenvalue weighted by Gasteiger charge is 2.46. The normalized spacial score (nSPS) is 31.4. The van der Waals surface area contributed by atoms with E-state index in [1.165, 1.54) is 0 Å². The van der Waals surface area contributed by atoms with Crippen LogP contribution in [0.1, 0.15) is 44.9 Å². The summed E-state index contributed by atoms with van der Waals surface area (Å²) >= 11 is 0. The van der Waals surface area contributed by atoms with Crippen LogP contribution in [0.3, 0.4) is 0 Å². The molecule has 0 aromatic heterocycles. The van der Waals surface area contributed by atoms with E-state index in [4.69, 9.17) is 4.74 Å². The van der Waals surface area contributed by atoms with Gasteiger partial charge in [-0.05, 0) is 19.3 Å². The third-order valence-electron chi connectivity index (χ3n) is 4.68. The highest BCUT2D eigenvalue weighted by Crippen LogP contribution is 2.33. The number of carbonyl (C=O) groups is 2. The lowest BCUT2D eigenvalue weighted by Crippen LogP contribution is -2.59. The molecular formula is C14H22N2O3. The Morgan fingerprint density at radius 1 is 1.21 bits per heavy atom. The summed E-state index contributed by atoms with van der Waals surface area (Å²) in [6.07, 6.45) is 6.13. The minimum Gasteiger partial charge on any atom is -0.379 e. The molecule has 19 heavy (non-hydrogen) atoms. The molecule has 5 heteroatoms. The van der Waals surface area contributed by atoms with Crippen molar-refractivity contribution in [2.24, 2.45) is 0 Å². The molecule has 3 rings (SSSR count). The summed E-state index contributed by atoms with van der Waals surface area (Å²) in [5.74, 6) is 0.158. The van der Waals surface area contributed by atoms with Gasteiger partial charge in [0.2, 0.25) is 11.8 Å². The van der Waals surface area contributed by atoms with Gasteiger partial charge in [0.25, 0.3) is 0 Å². The van der Waals surface area contributed by atoms with Crippen LogP contribution in [0.15, 0.2) is 0 Å². The van der Waals surface area contributed by atoms with Gasteiger partial charge in [0, 0.05) is 19.6 Å². The molecule has 106 valence electrons.